The summed E-state index contributed by atoms with van der Waals surface area (Å²) in [5.74, 6) is 0. The Morgan fingerprint density at radius 2 is 2.07 bits per heavy atom. The molecule has 0 radical (unpaired) electrons. The van der Waals surface area contributed by atoms with Crippen LogP contribution in [0.5, 0.6) is 0 Å². The van der Waals surface area contributed by atoms with E-state index in [9.17, 15) is 0 Å². The molecule has 0 unspecified atom stereocenters. The fraction of sp³-hybridized carbons (Fsp3) is 0.846. The zero-order valence-corrected chi connectivity index (χ0v) is 10.7. The minimum atomic E-state index is 0.370. The van der Waals surface area contributed by atoms with Crippen LogP contribution in [0.2, 0.25) is 0 Å². The molecule has 0 bridgehead atoms. The average Bonchev–Trinajstić information content (AvgIpc) is 2.16. The van der Waals surface area contributed by atoms with Gasteiger partial charge in [0.1, 0.15) is 0 Å². The first-order valence-corrected chi connectivity index (χ1v) is 6.10. The van der Waals surface area contributed by atoms with E-state index < -0.39 is 0 Å². The van der Waals surface area contributed by atoms with Crippen LogP contribution < -0.4 is 5.32 Å². The molecule has 0 saturated carbocycles. The minimum Gasteiger partial charge on any atom is -0.314 e. The van der Waals surface area contributed by atoms with E-state index in [1.165, 1.54) is 19.5 Å². The standard InChI is InChI=1S/C13H26N2/c1-12(2)14-10-13(3,4)11-15-8-6-5-7-9-15/h5-6,12,14H,7-11H2,1-4H3. The monoisotopic (exact) mass is 210 g/mol. The molecule has 0 aromatic rings. The number of nitrogens with one attached hydrogen (secondary N) is 1. The van der Waals surface area contributed by atoms with Crippen LogP contribution in [0.3, 0.4) is 0 Å². The molecule has 1 rings (SSSR count). The van der Waals surface area contributed by atoms with Gasteiger partial charge in [-0.15, -0.1) is 0 Å². The molecule has 0 atom stereocenters. The highest BCUT2D eigenvalue weighted by Gasteiger charge is 2.21. The Labute approximate surface area is 94.7 Å². The van der Waals surface area contributed by atoms with Gasteiger partial charge in [0.05, 0.1) is 0 Å². The lowest BCUT2D eigenvalue weighted by Gasteiger charge is -2.34. The van der Waals surface area contributed by atoms with Crippen molar-refractivity contribution in [3.63, 3.8) is 0 Å². The molecule has 1 aliphatic heterocycles. The lowest BCUT2D eigenvalue weighted by molar-refractivity contribution is 0.183. The molecule has 0 aromatic carbocycles. The topological polar surface area (TPSA) is 15.3 Å². The Morgan fingerprint density at radius 1 is 1.33 bits per heavy atom. The summed E-state index contributed by atoms with van der Waals surface area (Å²) in [6.45, 7) is 13.8. The van der Waals surface area contributed by atoms with Gasteiger partial charge in [-0.2, -0.15) is 0 Å². The fourth-order valence-corrected chi connectivity index (χ4v) is 1.98. The van der Waals surface area contributed by atoms with E-state index in [1.807, 2.05) is 0 Å². The molecule has 0 amide bonds. The van der Waals surface area contributed by atoms with E-state index in [0.717, 1.165) is 13.1 Å². The van der Waals surface area contributed by atoms with E-state index in [2.05, 4.69) is 50.1 Å². The maximum Gasteiger partial charge on any atom is 0.0163 e. The number of hydrogen-bond acceptors (Lipinski definition) is 2. The summed E-state index contributed by atoms with van der Waals surface area (Å²) in [5.41, 5.74) is 0.370. The van der Waals surface area contributed by atoms with Crippen LogP contribution in [-0.2, 0) is 0 Å². The van der Waals surface area contributed by atoms with Crippen LogP contribution in [0, 0.1) is 5.41 Å². The van der Waals surface area contributed by atoms with Crippen LogP contribution in [0.15, 0.2) is 12.2 Å². The highest BCUT2D eigenvalue weighted by Crippen LogP contribution is 2.17. The highest BCUT2D eigenvalue weighted by molar-refractivity contribution is 4.92. The predicted octanol–water partition coefficient (Wildman–Crippen LogP) is 2.27. The van der Waals surface area contributed by atoms with Gasteiger partial charge >= 0.3 is 0 Å². The van der Waals surface area contributed by atoms with Gasteiger partial charge in [0.2, 0.25) is 0 Å². The van der Waals surface area contributed by atoms with Gasteiger partial charge in [-0.1, -0.05) is 39.8 Å². The smallest absolute Gasteiger partial charge is 0.0163 e. The third-order valence-corrected chi connectivity index (χ3v) is 2.78. The Balaban J connectivity index is 2.30. The van der Waals surface area contributed by atoms with Crippen molar-refractivity contribution in [1.82, 2.24) is 10.2 Å². The van der Waals surface area contributed by atoms with E-state index in [0.29, 0.717) is 11.5 Å². The van der Waals surface area contributed by atoms with Gasteiger partial charge in [-0.25, -0.2) is 0 Å². The fourth-order valence-electron chi connectivity index (χ4n) is 1.98. The molecule has 15 heavy (non-hydrogen) atoms. The van der Waals surface area contributed by atoms with Gasteiger partial charge in [0, 0.05) is 32.2 Å². The Bertz CT molecular complexity index is 207. The summed E-state index contributed by atoms with van der Waals surface area (Å²) in [6.07, 6.45) is 5.79. The summed E-state index contributed by atoms with van der Waals surface area (Å²) in [5, 5.41) is 3.53. The normalized spacial score (nSPS) is 18.7. The van der Waals surface area contributed by atoms with Crippen molar-refractivity contribution < 1.29 is 0 Å². The molecule has 1 aliphatic rings. The molecule has 1 N–H and O–H groups in total. The number of rotatable bonds is 5. The zero-order chi connectivity index (χ0) is 11.3. The molecule has 88 valence electrons. The van der Waals surface area contributed by atoms with Gasteiger partial charge in [0.25, 0.3) is 0 Å². The maximum absolute atomic E-state index is 3.53. The molecule has 0 fully saturated rings. The van der Waals surface area contributed by atoms with Crippen molar-refractivity contribution in [2.45, 2.75) is 40.2 Å². The van der Waals surface area contributed by atoms with E-state index in [4.69, 9.17) is 0 Å². The van der Waals surface area contributed by atoms with Crippen LogP contribution in [0.25, 0.3) is 0 Å². The molecule has 0 aliphatic carbocycles. The van der Waals surface area contributed by atoms with Crippen molar-refractivity contribution in [2.24, 2.45) is 5.41 Å². The maximum atomic E-state index is 3.53. The third kappa shape index (κ3) is 5.33. The van der Waals surface area contributed by atoms with Gasteiger partial charge in [-0.3, -0.25) is 4.90 Å². The second-order valence-electron chi connectivity index (χ2n) is 5.70. The molecule has 2 nitrogen and oxygen atoms in total. The van der Waals surface area contributed by atoms with Gasteiger partial charge in [0.15, 0.2) is 0 Å². The molecule has 2 heteroatoms. The average molecular weight is 210 g/mol. The summed E-state index contributed by atoms with van der Waals surface area (Å²) in [6, 6.07) is 0.588. The van der Waals surface area contributed by atoms with Crippen molar-refractivity contribution >= 4 is 0 Å². The van der Waals surface area contributed by atoms with Crippen LogP contribution in [0.4, 0.5) is 0 Å². The van der Waals surface area contributed by atoms with E-state index in [1.54, 1.807) is 0 Å². The molecule has 1 heterocycles. The minimum absolute atomic E-state index is 0.370. The van der Waals surface area contributed by atoms with Crippen molar-refractivity contribution in [1.29, 1.82) is 0 Å². The second-order valence-corrected chi connectivity index (χ2v) is 5.70. The lowest BCUT2D eigenvalue weighted by atomic mass is 9.92. The first-order valence-electron chi connectivity index (χ1n) is 6.10. The Hall–Kier alpha value is -0.340. The van der Waals surface area contributed by atoms with Crippen LogP contribution in [0.1, 0.15) is 34.1 Å². The molecule has 0 aromatic heterocycles. The third-order valence-electron chi connectivity index (χ3n) is 2.78. The van der Waals surface area contributed by atoms with Crippen LogP contribution in [-0.4, -0.2) is 37.1 Å². The highest BCUT2D eigenvalue weighted by atomic mass is 15.1. The molecule has 0 saturated heterocycles. The molecular weight excluding hydrogens is 184 g/mol. The Morgan fingerprint density at radius 3 is 2.60 bits per heavy atom. The number of nitrogens with zero attached hydrogens (tertiary/aromatic N) is 1. The molecule has 0 spiro atoms. The Kier molecular flexibility index (Phi) is 4.81. The van der Waals surface area contributed by atoms with Crippen molar-refractivity contribution in [3.05, 3.63) is 12.2 Å². The summed E-state index contributed by atoms with van der Waals surface area (Å²) >= 11 is 0. The molecular formula is C13H26N2. The van der Waals surface area contributed by atoms with Gasteiger partial charge in [-0.05, 0) is 11.8 Å². The summed E-state index contributed by atoms with van der Waals surface area (Å²) in [4.78, 5) is 2.54. The number of hydrogen-bond donors (Lipinski definition) is 1. The first kappa shape index (κ1) is 12.7. The lowest BCUT2D eigenvalue weighted by Crippen LogP contribution is -2.43. The zero-order valence-electron chi connectivity index (χ0n) is 10.7. The van der Waals surface area contributed by atoms with Crippen molar-refractivity contribution in [2.75, 3.05) is 26.2 Å². The van der Waals surface area contributed by atoms with E-state index >= 15 is 0 Å². The van der Waals surface area contributed by atoms with Gasteiger partial charge < -0.3 is 5.32 Å². The first-order chi connectivity index (χ1) is 6.99. The van der Waals surface area contributed by atoms with Crippen LogP contribution >= 0.6 is 0 Å². The second kappa shape index (κ2) is 5.66. The SMILES string of the molecule is CC(C)NCC(C)(C)CN1CC=CCC1. The summed E-state index contributed by atoms with van der Waals surface area (Å²) in [7, 11) is 0. The summed E-state index contributed by atoms with van der Waals surface area (Å²) < 4.78 is 0. The predicted molar refractivity (Wildman–Crippen MR) is 67.1 cm³/mol. The quantitative estimate of drug-likeness (QED) is 0.700. The largest absolute Gasteiger partial charge is 0.314 e. The van der Waals surface area contributed by atoms with E-state index in [-0.39, 0.29) is 0 Å². The van der Waals surface area contributed by atoms with Crippen molar-refractivity contribution in [3.8, 4) is 0 Å².